The van der Waals surface area contributed by atoms with E-state index in [2.05, 4.69) is 0 Å². The van der Waals surface area contributed by atoms with Crippen LogP contribution in [0.15, 0.2) is 0 Å². The Morgan fingerprint density at radius 3 is 1.33 bits per heavy atom. The van der Waals surface area contributed by atoms with Crippen molar-refractivity contribution in [2.45, 2.75) is 0 Å². The Kier molecular flexibility index (Phi) is 24.3. The van der Waals surface area contributed by atoms with Crippen molar-refractivity contribution in [3.05, 3.63) is 0 Å². The topological polar surface area (TPSA) is 98.2 Å². The van der Waals surface area contributed by atoms with E-state index >= 15 is 0 Å². The molecule has 0 saturated heterocycles. The van der Waals surface area contributed by atoms with Crippen LogP contribution in [0.1, 0.15) is 0 Å². The first-order valence-corrected chi connectivity index (χ1v) is 1.50. The summed E-state index contributed by atoms with van der Waals surface area (Å²) in [7, 11) is 0. The van der Waals surface area contributed by atoms with Gasteiger partial charge in [-0.3, -0.25) is 4.21 Å². The van der Waals surface area contributed by atoms with Gasteiger partial charge < -0.3 is 15.3 Å². The average Bonchev–Trinajstić information content (AvgIpc) is 0.811. The molecule has 0 fully saturated rings. The fraction of sp³-hybridized carbons (Fsp3) is 0. The molecule has 0 saturated carbocycles. The first-order valence-electron chi connectivity index (χ1n) is 0.500. The fourth-order valence-electron chi connectivity index (χ4n) is 0. The van der Waals surface area contributed by atoms with Gasteiger partial charge in [-0.2, -0.15) is 0 Å². The Morgan fingerprint density at radius 1 is 1.33 bits per heavy atom. The van der Waals surface area contributed by atoms with Crippen molar-refractivity contribution < 1.29 is 30.4 Å². The molecule has 0 aromatic rings. The molecule has 0 amide bonds. The normalized spacial score (nSPS) is 5.83. The number of rotatable bonds is 0. The Labute approximate surface area is 48.5 Å². The van der Waals surface area contributed by atoms with Crippen LogP contribution < -0.4 is 6.15 Å². The van der Waals surface area contributed by atoms with E-state index in [-0.39, 0.29) is 23.2 Å². The number of hydrogen-bond acceptors (Lipinski definition) is 4. The predicted molar refractivity (Wildman–Crippen MR) is 14.7 cm³/mol. The van der Waals surface area contributed by atoms with Gasteiger partial charge in [-0.15, -0.1) is 11.4 Å². The minimum atomic E-state index is -3.11. The largest absolute Gasteiger partial charge is 2.00 e. The van der Waals surface area contributed by atoms with E-state index < -0.39 is 11.4 Å². The third kappa shape index (κ3) is 190. The molecule has 0 aromatic heterocycles. The average molecular weight is 161 g/mol. The van der Waals surface area contributed by atoms with E-state index in [9.17, 15) is 0 Å². The van der Waals surface area contributed by atoms with Gasteiger partial charge in [0.05, 0.1) is 0 Å². The minimum absolute atomic E-state index is 0. The predicted octanol–water partition coefficient (Wildman–Crippen LogP) is -0.845. The first kappa shape index (κ1) is 16.0. The summed E-state index contributed by atoms with van der Waals surface area (Å²) < 4.78 is 25.3. The zero-order valence-electron chi connectivity index (χ0n) is 2.64. The standard InChI is InChI=1S/Cu.H3N.H2O3S/c;;1-4(2)3/h;1H3;(H2,1,2,3)/q+2;;/p-2. The second-order valence-corrected chi connectivity index (χ2v) is 0.612. The van der Waals surface area contributed by atoms with E-state index in [1.54, 1.807) is 0 Å². The zero-order valence-corrected chi connectivity index (χ0v) is 4.40. The van der Waals surface area contributed by atoms with Crippen LogP contribution in [-0.4, -0.2) is 13.3 Å². The van der Waals surface area contributed by atoms with E-state index in [0.717, 1.165) is 0 Å². The molecule has 0 heterocycles. The summed E-state index contributed by atoms with van der Waals surface area (Å²) in [6.07, 6.45) is 0. The van der Waals surface area contributed by atoms with Crippen molar-refractivity contribution in [1.82, 2.24) is 6.15 Å². The SMILES string of the molecule is N.O=S([O-])[O-].[Cu+2]. The molecule has 6 heteroatoms. The quantitative estimate of drug-likeness (QED) is 0.369. The van der Waals surface area contributed by atoms with Gasteiger partial charge in [0.15, 0.2) is 0 Å². The monoisotopic (exact) mass is 160 g/mol. The van der Waals surface area contributed by atoms with E-state index in [1.807, 2.05) is 0 Å². The van der Waals surface area contributed by atoms with Gasteiger partial charge >= 0.3 is 17.1 Å². The molecule has 0 aliphatic heterocycles. The summed E-state index contributed by atoms with van der Waals surface area (Å²) in [6, 6.07) is 0. The van der Waals surface area contributed by atoms with E-state index in [1.165, 1.54) is 0 Å². The molecule has 0 bridgehead atoms. The molecular formula is H3CuNO3S. The molecule has 0 aliphatic rings. The van der Waals surface area contributed by atoms with Gasteiger partial charge in [-0.1, -0.05) is 0 Å². The van der Waals surface area contributed by atoms with Gasteiger partial charge in [0.1, 0.15) is 0 Å². The Balaban J connectivity index is -0.0000000450. The van der Waals surface area contributed by atoms with Gasteiger partial charge in [-0.25, -0.2) is 0 Å². The molecule has 1 radical (unpaired) electrons. The smallest absolute Gasteiger partial charge is 0.784 e. The Bertz CT molecular complexity index is 33.8. The van der Waals surface area contributed by atoms with Crippen LogP contribution in [0.4, 0.5) is 0 Å². The molecule has 0 atom stereocenters. The van der Waals surface area contributed by atoms with Gasteiger partial charge in [0.2, 0.25) is 0 Å². The van der Waals surface area contributed by atoms with Crippen molar-refractivity contribution in [3.63, 3.8) is 0 Å². The molecule has 43 valence electrons. The van der Waals surface area contributed by atoms with Gasteiger partial charge in [-0.05, 0) is 0 Å². The van der Waals surface area contributed by atoms with Gasteiger partial charge in [0, 0.05) is 0 Å². The maximum atomic E-state index is 8.44. The van der Waals surface area contributed by atoms with Crippen molar-refractivity contribution >= 4 is 11.4 Å². The van der Waals surface area contributed by atoms with Crippen LogP contribution in [0, 0.1) is 0 Å². The van der Waals surface area contributed by atoms with E-state index in [0.29, 0.717) is 0 Å². The second kappa shape index (κ2) is 9.12. The summed E-state index contributed by atoms with van der Waals surface area (Å²) in [6.45, 7) is 0. The summed E-state index contributed by atoms with van der Waals surface area (Å²) in [5.74, 6) is 0. The molecule has 0 aromatic carbocycles. The zero-order chi connectivity index (χ0) is 3.58. The number of hydrogen-bond donors (Lipinski definition) is 1. The van der Waals surface area contributed by atoms with Crippen molar-refractivity contribution in [2.75, 3.05) is 0 Å². The van der Waals surface area contributed by atoms with Crippen molar-refractivity contribution in [3.8, 4) is 0 Å². The Hall–Kier alpha value is 0.549. The summed E-state index contributed by atoms with van der Waals surface area (Å²) in [5, 5.41) is 0. The molecule has 0 spiro atoms. The fourth-order valence-corrected chi connectivity index (χ4v) is 0. The van der Waals surface area contributed by atoms with Crippen LogP contribution in [0.25, 0.3) is 0 Å². The third-order valence-corrected chi connectivity index (χ3v) is 0. The third-order valence-electron chi connectivity index (χ3n) is 0. The molecular weight excluding hydrogens is 158 g/mol. The minimum Gasteiger partial charge on any atom is -0.784 e. The van der Waals surface area contributed by atoms with E-state index in [4.69, 9.17) is 13.3 Å². The van der Waals surface area contributed by atoms with Crippen LogP contribution in [0.3, 0.4) is 0 Å². The second-order valence-electron chi connectivity index (χ2n) is 0.204. The van der Waals surface area contributed by atoms with Crippen molar-refractivity contribution in [1.29, 1.82) is 0 Å². The van der Waals surface area contributed by atoms with Crippen LogP contribution in [0.2, 0.25) is 0 Å². The van der Waals surface area contributed by atoms with Crippen molar-refractivity contribution in [2.24, 2.45) is 0 Å². The maximum absolute atomic E-state index is 8.44. The molecule has 0 rings (SSSR count). The summed E-state index contributed by atoms with van der Waals surface area (Å²) >= 11 is -3.11. The summed E-state index contributed by atoms with van der Waals surface area (Å²) in [4.78, 5) is 0. The summed E-state index contributed by atoms with van der Waals surface area (Å²) in [5.41, 5.74) is 0. The molecule has 4 nitrogen and oxygen atoms in total. The van der Waals surface area contributed by atoms with Crippen LogP contribution in [0.5, 0.6) is 0 Å². The van der Waals surface area contributed by atoms with Crippen LogP contribution in [-0.2, 0) is 28.4 Å². The van der Waals surface area contributed by atoms with Crippen LogP contribution >= 0.6 is 0 Å². The maximum Gasteiger partial charge on any atom is 2.00 e. The first-order chi connectivity index (χ1) is 1.73. The molecule has 6 heavy (non-hydrogen) atoms. The molecule has 0 unspecified atom stereocenters. The molecule has 0 aliphatic carbocycles. The Morgan fingerprint density at radius 2 is 1.33 bits per heavy atom. The van der Waals surface area contributed by atoms with Gasteiger partial charge in [0.25, 0.3) is 0 Å². The molecule has 3 N–H and O–H groups in total.